The Kier molecular flexibility index (Phi) is 4.59. The minimum Gasteiger partial charge on any atom is -0.480 e. The molecular formula is C10H9BrFNO4. The predicted octanol–water partition coefficient (Wildman–Crippen LogP) is 0.764. The van der Waals surface area contributed by atoms with Gasteiger partial charge in [0.1, 0.15) is 5.82 Å². The molecule has 1 rings (SSSR count). The minimum absolute atomic E-state index is 0.284. The Balaban J connectivity index is 2.86. The summed E-state index contributed by atoms with van der Waals surface area (Å²) in [5.41, 5.74) is -0.284. The maximum absolute atomic E-state index is 13.4. The second kappa shape index (κ2) is 5.74. The van der Waals surface area contributed by atoms with Crippen LogP contribution in [0.3, 0.4) is 0 Å². The highest BCUT2D eigenvalue weighted by Gasteiger charge is 2.21. The lowest BCUT2D eigenvalue weighted by atomic mass is 10.2. The number of aliphatic hydroxyl groups excluding tert-OH is 1. The van der Waals surface area contributed by atoms with Crippen LogP contribution in [0, 0.1) is 5.82 Å². The van der Waals surface area contributed by atoms with Crippen LogP contribution in [0.2, 0.25) is 0 Å². The number of hydrogen-bond donors (Lipinski definition) is 3. The van der Waals surface area contributed by atoms with E-state index < -0.39 is 30.3 Å². The van der Waals surface area contributed by atoms with Crippen LogP contribution in [0.5, 0.6) is 0 Å². The molecule has 0 saturated carbocycles. The standard InChI is InChI=1S/C10H9BrFNO4/c11-5-1-2-6(7(12)3-5)9(15)13-8(4-14)10(16)17/h1-3,8,14H,4H2,(H,13,15)(H,16,17). The average Bonchev–Trinajstić information content (AvgIpc) is 2.24. The van der Waals surface area contributed by atoms with Crippen molar-refractivity contribution in [1.29, 1.82) is 0 Å². The van der Waals surface area contributed by atoms with Crippen molar-refractivity contribution < 1.29 is 24.2 Å². The van der Waals surface area contributed by atoms with Crippen molar-refractivity contribution in [2.24, 2.45) is 0 Å². The molecule has 5 nitrogen and oxygen atoms in total. The summed E-state index contributed by atoms with van der Waals surface area (Å²) in [5.74, 6) is -3.06. The number of nitrogens with one attached hydrogen (secondary N) is 1. The van der Waals surface area contributed by atoms with Gasteiger partial charge in [-0.25, -0.2) is 9.18 Å². The maximum Gasteiger partial charge on any atom is 0.328 e. The number of aliphatic carboxylic acids is 1. The van der Waals surface area contributed by atoms with Gasteiger partial charge in [-0.15, -0.1) is 0 Å². The second-order valence-corrected chi connectivity index (χ2v) is 4.09. The predicted molar refractivity (Wildman–Crippen MR) is 60.1 cm³/mol. The summed E-state index contributed by atoms with van der Waals surface area (Å²) in [6.45, 7) is -0.765. The Morgan fingerprint density at radius 2 is 2.12 bits per heavy atom. The van der Waals surface area contributed by atoms with Gasteiger partial charge in [-0.2, -0.15) is 0 Å². The molecule has 0 aromatic heterocycles. The number of rotatable bonds is 4. The van der Waals surface area contributed by atoms with Crippen molar-refractivity contribution in [2.75, 3.05) is 6.61 Å². The van der Waals surface area contributed by atoms with E-state index in [0.717, 1.165) is 6.07 Å². The van der Waals surface area contributed by atoms with Gasteiger partial charge < -0.3 is 15.5 Å². The van der Waals surface area contributed by atoms with Crippen LogP contribution < -0.4 is 5.32 Å². The lowest BCUT2D eigenvalue weighted by Crippen LogP contribution is -2.43. The molecule has 1 atom stereocenters. The highest BCUT2D eigenvalue weighted by atomic mass is 79.9. The first-order valence-corrected chi connectivity index (χ1v) is 5.34. The van der Waals surface area contributed by atoms with Gasteiger partial charge in [0.25, 0.3) is 5.91 Å². The summed E-state index contributed by atoms with van der Waals surface area (Å²) in [5, 5.41) is 19.3. The first-order valence-electron chi connectivity index (χ1n) is 4.55. The molecule has 0 aliphatic rings. The number of halogens is 2. The molecule has 0 heterocycles. The van der Waals surface area contributed by atoms with Crippen molar-refractivity contribution in [2.45, 2.75) is 6.04 Å². The molecule has 0 radical (unpaired) electrons. The number of benzene rings is 1. The fourth-order valence-electron chi connectivity index (χ4n) is 1.10. The van der Waals surface area contributed by atoms with E-state index in [9.17, 15) is 14.0 Å². The second-order valence-electron chi connectivity index (χ2n) is 3.17. The number of aliphatic hydroxyl groups is 1. The molecule has 1 amide bonds. The van der Waals surface area contributed by atoms with E-state index in [4.69, 9.17) is 10.2 Å². The first kappa shape index (κ1) is 13.6. The molecule has 0 fully saturated rings. The van der Waals surface area contributed by atoms with E-state index in [0.29, 0.717) is 4.47 Å². The summed E-state index contributed by atoms with van der Waals surface area (Å²) in [6.07, 6.45) is 0. The lowest BCUT2D eigenvalue weighted by Gasteiger charge is -2.11. The summed E-state index contributed by atoms with van der Waals surface area (Å²) < 4.78 is 13.8. The molecule has 0 bridgehead atoms. The van der Waals surface area contributed by atoms with Crippen LogP contribution in [-0.2, 0) is 4.79 Å². The molecule has 0 saturated heterocycles. The van der Waals surface area contributed by atoms with Gasteiger partial charge in [0, 0.05) is 4.47 Å². The monoisotopic (exact) mass is 305 g/mol. The third kappa shape index (κ3) is 3.50. The molecule has 0 spiro atoms. The number of carboxylic acids is 1. The smallest absolute Gasteiger partial charge is 0.328 e. The Morgan fingerprint density at radius 1 is 1.47 bits per heavy atom. The van der Waals surface area contributed by atoms with Crippen LogP contribution in [0.15, 0.2) is 22.7 Å². The topological polar surface area (TPSA) is 86.6 Å². The maximum atomic E-state index is 13.4. The van der Waals surface area contributed by atoms with Crippen molar-refractivity contribution >= 4 is 27.8 Å². The van der Waals surface area contributed by atoms with E-state index in [1.165, 1.54) is 12.1 Å². The van der Waals surface area contributed by atoms with E-state index >= 15 is 0 Å². The summed E-state index contributed by atoms with van der Waals surface area (Å²) in [4.78, 5) is 22.1. The van der Waals surface area contributed by atoms with Crippen molar-refractivity contribution in [3.8, 4) is 0 Å². The van der Waals surface area contributed by atoms with Crippen LogP contribution in [-0.4, -0.2) is 34.7 Å². The number of carbonyl (C=O) groups is 2. The molecule has 7 heteroatoms. The van der Waals surface area contributed by atoms with Crippen LogP contribution in [0.1, 0.15) is 10.4 Å². The van der Waals surface area contributed by atoms with Crippen molar-refractivity contribution in [3.63, 3.8) is 0 Å². The normalized spacial score (nSPS) is 11.9. The third-order valence-corrected chi connectivity index (χ3v) is 2.46. The zero-order chi connectivity index (χ0) is 13.0. The number of carbonyl (C=O) groups excluding carboxylic acids is 1. The van der Waals surface area contributed by atoms with Gasteiger partial charge in [-0.1, -0.05) is 15.9 Å². The Morgan fingerprint density at radius 3 is 2.59 bits per heavy atom. The van der Waals surface area contributed by atoms with E-state index in [2.05, 4.69) is 15.9 Å². The molecule has 1 unspecified atom stereocenters. The Hall–Kier alpha value is -1.47. The van der Waals surface area contributed by atoms with Crippen molar-refractivity contribution in [3.05, 3.63) is 34.1 Å². The number of amides is 1. The molecule has 17 heavy (non-hydrogen) atoms. The Labute approximate surface area is 104 Å². The highest BCUT2D eigenvalue weighted by Crippen LogP contribution is 2.15. The van der Waals surface area contributed by atoms with Crippen LogP contribution >= 0.6 is 15.9 Å². The van der Waals surface area contributed by atoms with Gasteiger partial charge >= 0.3 is 5.97 Å². The van der Waals surface area contributed by atoms with E-state index in [1.54, 1.807) is 0 Å². The molecule has 0 aliphatic heterocycles. The fourth-order valence-corrected chi connectivity index (χ4v) is 1.43. The van der Waals surface area contributed by atoms with Gasteiger partial charge in [0.2, 0.25) is 0 Å². The van der Waals surface area contributed by atoms with Crippen molar-refractivity contribution in [1.82, 2.24) is 5.32 Å². The zero-order valence-electron chi connectivity index (χ0n) is 8.48. The lowest BCUT2D eigenvalue weighted by molar-refractivity contribution is -0.140. The summed E-state index contributed by atoms with van der Waals surface area (Å²) >= 11 is 3.03. The van der Waals surface area contributed by atoms with E-state index in [-0.39, 0.29) is 5.56 Å². The van der Waals surface area contributed by atoms with Gasteiger partial charge in [-0.3, -0.25) is 4.79 Å². The molecular weight excluding hydrogens is 297 g/mol. The third-order valence-electron chi connectivity index (χ3n) is 1.96. The molecule has 1 aromatic rings. The highest BCUT2D eigenvalue weighted by molar-refractivity contribution is 9.10. The minimum atomic E-state index is -1.45. The SMILES string of the molecule is O=C(NC(CO)C(=O)O)c1ccc(Br)cc1F. The van der Waals surface area contributed by atoms with Crippen LogP contribution in [0.25, 0.3) is 0 Å². The largest absolute Gasteiger partial charge is 0.480 e. The summed E-state index contributed by atoms with van der Waals surface area (Å²) in [7, 11) is 0. The van der Waals surface area contributed by atoms with E-state index in [1.807, 2.05) is 5.32 Å². The van der Waals surface area contributed by atoms with Gasteiger partial charge in [0.15, 0.2) is 6.04 Å². The number of carboxylic acid groups (broad SMARTS) is 1. The zero-order valence-corrected chi connectivity index (χ0v) is 10.1. The quantitative estimate of drug-likeness (QED) is 0.766. The fraction of sp³-hybridized carbons (Fsp3) is 0.200. The first-order chi connectivity index (χ1) is 7.95. The number of hydrogen-bond acceptors (Lipinski definition) is 3. The van der Waals surface area contributed by atoms with Crippen LogP contribution in [0.4, 0.5) is 4.39 Å². The average molecular weight is 306 g/mol. The molecule has 0 aliphatic carbocycles. The Bertz CT molecular complexity index is 452. The molecule has 1 aromatic carbocycles. The van der Waals surface area contributed by atoms with Gasteiger partial charge in [-0.05, 0) is 18.2 Å². The molecule has 3 N–H and O–H groups in total. The summed E-state index contributed by atoms with van der Waals surface area (Å²) in [6, 6.07) is 2.30. The molecule has 92 valence electrons. The van der Waals surface area contributed by atoms with Gasteiger partial charge in [0.05, 0.1) is 12.2 Å².